The first-order valence-corrected chi connectivity index (χ1v) is 8.01. The van der Waals surface area contributed by atoms with Gasteiger partial charge in [0.2, 0.25) is 10.0 Å². The lowest BCUT2D eigenvalue weighted by atomic mass is 9.97. The second kappa shape index (κ2) is 6.90. The van der Waals surface area contributed by atoms with Gasteiger partial charge in [0.25, 0.3) is 0 Å². The lowest BCUT2D eigenvalue weighted by Crippen LogP contribution is -2.41. The van der Waals surface area contributed by atoms with Crippen LogP contribution in [-0.2, 0) is 10.0 Å². The molecule has 0 bridgehead atoms. The lowest BCUT2D eigenvalue weighted by molar-refractivity contribution is -0.134. The van der Waals surface area contributed by atoms with E-state index in [1.807, 2.05) is 0 Å². The van der Waals surface area contributed by atoms with Crippen LogP contribution in [0.1, 0.15) is 32.1 Å². The third-order valence-electron chi connectivity index (χ3n) is 3.28. The molecule has 0 saturated carbocycles. The molecule has 1 aliphatic rings. The van der Waals surface area contributed by atoms with Gasteiger partial charge in [0.05, 0.1) is 5.75 Å². The molecule has 1 unspecified atom stereocenters. The third-order valence-corrected chi connectivity index (χ3v) is 5.20. The largest absolute Gasteiger partial charge is 0.396 e. The van der Waals surface area contributed by atoms with Crippen molar-refractivity contribution < 1.29 is 26.7 Å². The minimum Gasteiger partial charge on any atom is -0.396 e. The summed E-state index contributed by atoms with van der Waals surface area (Å²) in [5.41, 5.74) is 0. The first-order valence-electron chi connectivity index (χ1n) is 6.40. The van der Waals surface area contributed by atoms with E-state index >= 15 is 0 Å². The molecular formula is C11H20F3NO3S. The number of alkyl halides is 3. The molecule has 4 nitrogen and oxygen atoms in total. The minimum absolute atomic E-state index is 0.00658. The molecule has 1 N–H and O–H groups in total. The van der Waals surface area contributed by atoms with Crippen molar-refractivity contribution in [2.75, 3.05) is 25.4 Å². The minimum atomic E-state index is -4.31. The predicted octanol–water partition coefficient (Wildman–Crippen LogP) is 1.75. The second-order valence-corrected chi connectivity index (χ2v) is 7.00. The van der Waals surface area contributed by atoms with Crippen LogP contribution in [0.15, 0.2) is 0 Å². The summed E-state index contributed by atoms with van der Waals surface area (Å²) in [6, 6.07) is 0. The summed E-state index contributed by atoms with van der Waals surface area (Å²) in [4.78, 5) is 0. The molecule has 1 fully saturated rings. The van der Waals surface area contributed by atoms with E-state index in [1.54, 1.807) is 0 Å². The molecule has 1 atom stereocenters. The topological polar surface area (TPSA) is 57.6 Å². The maximum atomic E-state index is 12.0. The van der Waals surface area contributed by atoms with Gasteiger partial charge in [0.1, 0.15) is 0 Å². The molecule has 19 heavy (non-hydrogen) atoms. The first kappa shape index (κ1) is 16.7. The highest BCUT2D eigenvalue weighted by molar-refractivity contribution is 7.89. The number of piperidine rings is 1. The molecule has 0 radical (unpaired) electrons. The van der Waals surface area contributed by atoms with Crippen LogP contribution in [0.25, 0.3) is 0 Å². The molecule has 8 heteroatoms. The van der Waals surface area contributed by atoms with Crippen molar-refractivity contribution in [2.24, 2.45) is 5.92 Å². The van der Waals surface area contributed by atoms with Gasteiger partial charge in [0, 0.05) is 26.1 Å². The van der Waals surface area contributed by atoms with Gasteiger partial charge in [-0.15, -0.1) is 0 Å². The Morgan fingerprint density at radius 2 is 2.00 bits per heavy atom. The van der Waals surface area contributed by atoms with E-state index in [1.165, 1.54) is 4.31 Å². The van der Waals surface area contributed by atoms with Gasteiger partial charge in [-0.2, -0.15) is 13.2 Å². The first-order chi connectivity index (χ1) is 8.74. The average Bonchev–Trinajstić information content (AvgIpc) is 2.28. The van der Waals surface area contributed by atoms with Gasteiger partial charge in [-0.25, -0.2) is 12.7 Å². The summed E-state index contributed by atoms with van der Waals surface area (Å²) in [5.74, 6) is -0.352. The maximum Gasteiger partial charge on any atom is 0.389 e. The number of nitrogens with zero attached hydrogens (tertiary/aromatic N) is 1. The number of halogens is 3. The van der Waals surface area contributed by atoms with E-state index in [-0.39, 0.29) is 12.5 Å². The molecule has 0 aromatic heterocycles. The Morgan fingerprint density at radius 1 is 1.32 bits per heavy atom. The molecule has 0 aromatic carbocycles. The standard InChI is InChI=1S/C11H20F3NO3S/c12-11(13,14)5-2-8-19(17,18)15-6-1-3-10(9-15)4-7-16/h10,16H,1-9H2. The molecule has 1 heterocycles. The quantitative estimate of drug-likeness (QED) is 0.813. The fourth-order valence-electron chi connectivity index (χ4n) is 2.28. The Balaban J connectivity index is 2.47. The number of rotatable bonds is 6. The molecule has 1 aliphatic heterocycles. The van der Waals surface area contributed by atoms with Crippen LogP contribution < -0.4 is 0 Å². The van der Waals surface area contributed by atoms with Crippen molar-refractivity contribution >= 4 is 10.0 Å². The Labute approximate surface area is 111 Å². The maximum absolute atomic E-state index is 12.0. The Hall–Kier alpha value is -0.340. The van der Waals surface area contributed by atoms with Gasteiger partial charge >= 0.3 is 6.18 Å². The van der Waals surface area contributed by atoms with Gasteiger partial charge in [-0.3, -0.25) is 0 Å². The van der Waals surface area contributed by atoms with E-state index in [2.05, 4.69) is 0 Å². The van der Waals surface area contributed by atoms with Crippen molar-refractivity contribution in [1.82, 2.24) is 4.31 Å². The molecule has 1 rings (SSSR count). The van der Waals surface area contributed by atoms with E-state index in [9.17, 15) is 21.6 Å². The van der Waals surface area contributed by atoms with Crippen LogP contribution in [0, 0.1) is 5.92 Å². The van der Waals surface area contributed by atoms with Gasteiger partial charge in [-0.05, 0) is 31.6 Å². The van der Waals surface area contributed by atoms with Gasteiger partial charge in [-0.1, -0.05) is 0 Å². The number of aliphatic hydroxyl groups is 1. The average molecular weight is 303 g/mol. The van der Waals surface area contributed by atoms with Crippen molar-refractivity contribution in [1.29, 1.82) is 0 Å². The SMILES string of the molecule is O=S(=O)(CCCC(F)(F)F)N1CCCC(CCO)C1. The fourth-order valence-corrected chi connectivity index (χ4v) is 3.89. The highest BCUT2D eigenvalue weighted by Gasteiger charge is 2.31. The van der Waals surface area contributed by atoms with Crippen LogP contribution in [0.2, 0.25) is 0 Å². The zero-order valence-electron chi connectivity index (χ0n) is 10.7. The van der Waals surface area contributed by atoms with E-state index in [0.29, 0.717) is 25.9 Å². The van der Waals surface area contributed by atoms with E-state index < -0.39 is 34.8 Å². The predicted molar refractivity (Wildman–Crippen MR) is 65.1 cm³/mol. The van der Waals surface area contributed by atoms with Crippen molar-refractivity contribution in [3.05, 3.63) is 0 Å². The lowest BCUT2D eigenvalue weighted by Gasteiger charge is -2.31. The van der Waals surface area contributed by atoms with Crippen LogP contribution >= 0.6 is 0 Å². The summed E-state index contributed by atoms with van der Waals surface area (Å²) in [5, 5.41) is 8.85. The van der Waals surface area contributed by atoms with Gasteiger partial charge < -0.3 is 5.11 Å². The van der Waals surface area contributed by atoms with Crippen molar-refractivity contribution in [3.8, 4) is 0 Å². The Kier molecular flexibility index (Phi) is 6.07. The molecule has 114 valence electrons. The highest BCUT2D eigenvalue weighted by Crippen LogP contribution is 2.24. The van der Waals surface area contributed by atoms with Gasteiger partial charge in [0.15, 0.2) is 0 Å². The number of aliphatic hydroxyl groups excluding tert-OH is 1. The van der Waals surface area contributed by atoms with Crippen LogP contribution in [0.3, 0.4) is 0 Å². The Morgan fingerprint density at radius 3 is 2.58 bits per heavy atom. The molecule has 0 aromatic rings. The summed E-state index contributed by atoms with van der Waals surface area (Å²) in [7, 11) is -3.61. The smallest absolute Gasteiger partial charge is 0.389 e. The van der Waals surface area contributed by atoms with Crippen LogP contribution in [0.4, 0.5) is 13.2 Å². The number of hydrogen-bond donors (Lipinski definition) is 1. The molecular weight excluding hydrogens is 283 g/mol. The molecule has 0 spiro atoms. The Bertz CT molecular complexity index is 368. The summed E-state index contributed by atoms with van der Waals surface area (Å²) in [6.07, 6.45) is -3.68. The summed E-state index contributed by atoms with van der Waals surface area (Å²) < 4.78 is 61.1. The van der Waals surface area contributed by atoms with Crippen molar-refractivity contribution in [2.45, 2.75) is 38.3 Å². The van der Waals surface area contributed by atoms with Crippen LogP contribution in [0.5, 0.6) is 0 Å². The third kappa shape index (κ3) is 6.09. The zero-order chi connectivity index (χ0) is 14.5. The monoisotopic (exact) mass is 303 g/mol. The molecule has 0 amide bonds. The fraction of sp³-hybridized carbons (Fsp3) is 1.00. The van der Waals surface area contributed by atoms with Crippen LogP contribution in [-0.4, -0.2) is 49.5 Å². The summed E-state index contributed by atoms with van der Waals surface area (Å²) >= 11 is 0. The number of hydrogen-bond acceptors (Lipinski definition) is 3. The summed E-state index contributed by atoms with van der Waals surface area (Å²) in [6.45, 7) is 0.692. The van der Waals surface area contributed by atoms with E-state index in [4.69, 9.17) is 5.11 Å². The molecule has 1 saturated heterocycles. The van der Waals surface area contributed by atoms with Crippen molar-refractivity contribution in [3.63, 3.8) is 0 Å². The normalized spacial score (nSPS) is 22.6. The second-order valence-electron chi connectivity index (χ2n) is 4.91. The molecule has 0 aliphatic carbocycles. The highest BCUT2D eigenvalue weighted by atomic mass is 32.2. The number of sulfonamides is 1. The van der Waals surface area contributed by atoms with E-state index in [0.717, 1.165) is 6.42 Å². The zero-order valence-corrected chi connectivity index (χ0v) is 11.5.